The van der Waals surface area contributed by atoms with E-state index in [-0.39, 0.29) is 6.08 Å². The van der Waals surface area contributed by atoms with Gasteiger partial charge in [0.25, 0.3) is 0 Å². The molecule has 7 heteroatoms. The number of halogens is 3. The quantitative estimate of drug-likeness (QED) is 0.491. The van der Waals surface area contributed by atoms with Crippen molar-refractivity contribution in [3.63, 3.8) is 0 Å². The first-order chi connectivity index (χ1) is 10.5. The SMILES string of the molecule is COC(=O)/C=C(\C#CC(O)(C(C)C)C1(C#N)CCC1)C(F)(F)F. The van der Waals surface area contributed by atoms with Gasteiger partial charge in [0.05, 0.1) is 18.6 Å². The third-order valence-corrected chi connectivity index (χ3v) is 4.14. The van der Waals surface area contributed by atoms with Gasteiger partial charge in [0.1, 0.15) is 11.2 Å². The van der Waals surface area contributed by atoms with E-state index in [1.54, 1.807) is 13.8 Å². The number of hydrogen-bond acceptors (Lipinski definition) is 4. The van der Waals surface area contributed by atoms with Crippen LogP contribution in [0.4, 0.5) is 13.2 Å². The van der Waals surface area contributed by atoms with Crippen LogP contribution in [-0.2, 0) is 9.53 Å². The van der Waals surface area contributed by atoms with Crippen molar-refractivity contribution in [2.75, 3.05) is 7.11 Å². The fourth-order valence-electron chi connectivity index (χ4n) is 2.45. The van der Waals surface area contributed by atoms with E-state index in [0.29, 0.717) is 19.3 Å². The first-order valence-corrected chi connectivity index (χ1v) is 7.06. The van der Waals surface area contributed by atoms with Crippen LogP contribution >= 0.6 is 0 Å². The summed E-state index contributed by atoms with van der Waals surface area (Å²) in [5.74, 6) is 2.30. The molecule has 1 N–H and O–H groups in total. The van der Waals surface area contributed by atoms with Crippen LogP contribution in [0.15, 0.2) is 11.6 Å². The molecule has 0 radical (unpaired) electrons. The smallest absolute Gasteiger partial charge is 0.424 e. The molecule has 23 heavy (non-hydrogen) atoms. The number of nitrogens with zero attached hydrogens (tertiary/aromatic N) is 1. The molecule has 126 valence electrons. The van der Waals surface area contributed by atoms with Crippen LogP contribution in [0.3, 0.4) is 0 Å². The van der Waals surface area contributed by atoms with Gasteiger partial charge in [0.15, 0.2) is 0 Å². The number of allylic oxidation sites excluding steroid dienone is 1. The molecule has 0 aromatic rings. The third kappa shape index (κ3) is 3.68. The van der Waals surface area contributed by atoms with E-state index >= 15 is 0 Å². The molecule has 0 saturated heterocycles. The Kier molecular flexibility index (Phi) is 5.50. The molecule has 1 rings (SSSR count). The zero-order chi connectivity index (χ0) is 17.9. The van der Waals surface area contributed by atoms with Crippen molar-refractivity contribution in [3.8, 4) is 17.9 Å². The standard InChI is InChI=1S/C16H18F3NO3/c1-11(2)15(22,14(10-20)6-4-7-14)8-5-12(16(17,18)19)9-13(21)23-3/h9,11,22H,4,6-7H2,1-3H3/b12-9+. The molecular weight excluding hydrogens is 311 g/mol. The Bertz CT molecular complexity index is 601. The largest absolute Gasteiger partial charge is 0.466 e. The van der Waals surface area contributed by atoms with Crippen LogP contribution in [0.1, 0.15) is 33.1 Å². The van der Waals surface area contributed by atoms with E-state index in [2.05, 4.69) is 10.7 Å². The fourth-order valence-corrected chi connectivity index (χ4v) is 2.45. The number of esters is 1. The molecule has 0 spiro atoms. The van der Waals surface area contributed by atoms with Gasteiger partial charge in [-0.2, -0.15) is 18.4 Å². The number of alkyl halides is 3. The van der Waals surface area contributed by atoms with Crippen LogP contribution in [0.25, 0.3) is 0 Å². The molecule has 1 aliphatic carbocycles. The fraction of sp³-hybridized carbons (Fsp3) is 0.625. The summed E-state index contributed by atoms with van der Waals surface area (Å²) < 4.78 is 43.0. The predicted molar refractivity (Wildman–Crippen MR) is 75.6 cm³/mol. The van der Waals surface area contributed by atoms with Crippen molar-refractivity contribution < 1.29 is 27.8 Å². The lowest BCUT2D eigenvalue weighted by Crippen LogP contribution is -2.54. The Morgan fingerprint density at radius 3 is 2.26 bits per heavy atom. The van der Waals surface area contributed by atoms with E-state index in [4.69, 9.17) is 0 Å². The molecule has 0 aromatic heterocycles. The molecular formula is C16H18F3NO3. The van der Waals surface area contributed by atoms with Gasteiger partial charge in [-0.3, -0.25) is 0 Å². The highest BCUT2D eigenvalue weighted by Gasteiger charge is 2.56. The average molecular weight is 329 g/mol. The van der Waals surface area contributed by atoms with Crippen molar-refractivity contribution in [3.05, 3.63) is 11.6 Å². The van der Waals surface area contributed by atoms with Crippen LogP contribution < -0.4 is 0 Å². The van der Waals surface area contributed by atoms with E-state index in [0.717, 1.165) is 7.11 Å². The van der Waals surface area contributed by atoms with Gasteiger partial charge in [0, 0.05) is 6.08 Å². The van der Waals surface area contributed by atoms with Crippen molar-refractivity contribution in [1.82, 2.24) is 0 Å². The summed E-state index contributed by atoms with van der Waals surface area (Å²) in [5, 5.41) is 20.1. The molecule has 1 saturated carbocycles. The Labute approximate surface area is 132 Å². The molecule has 1 fully saturated rings. The van der Waals surface area contributed by atoms with Crippen molar-refractivity contribution in [1.29, 1.82) is 5.26 Å². The predicted octanol–water partition coefficient (Wildman–Crippen LogP) is 2.73. The summed E-state index contributed by atoms with van der Waals surface area (Å²) in [5.41, 5.74) is -4.49. The maximum Gasteiger partial charge on any atom is 0.424 e. The van der Waals surface area contributed by atoms with Gasteiger partial charge >= 0.3 is 12.1 Å². The molecule has 4 nitrogen and oxygen atoms in total. The number of ether oxygens (including phenoxy) is 1. The minimum Gasteiger partial charge on any atom is -0.466 e. The second-order valence-corrected chi connectivity index (χ2v) is 5.80. The molecule has 0 bridgehead atoms. The lowest BCUT2D eigenvalue weighted by atomic mass is 9.56. The van der Waals surface area contributed by atoms with E-state index in [1.165, 1.54) is 0 Å². The van der Waals surface area contributed by atoms with Crippen LogP contribution in [0.5, 0.6) is 0 Å². The van der Waals surface area contributed by atoms with Crippen molar-refractivity contribution in [2.45, 2.75) is 44.9 Å². The molecule has 0 amide bonds. The Morgan fingerprint density at radius 2 is 1.96 bits per heavy atom. The van der Waals surface area contributed by atoms with Crippen LogP contribution in [0.2, 0.25) is 0 Å². The first kappa shape index (κ1) is 19.1. The minimum absolute atomic E-state index is 0.230. The Balaban J connectivity index is 3.34. The molecule has 0 aliphatic heterocycles. The van der Waals surface area contributed by atoms with E-state index < -0.39 is 34.7 Å². The zero-order valence-electron chi connectivity index (χ0n) is 13.1. The summed E-state index contributed by atoms with van der Waals surface area (Å²) in [6, 6.07) is 2.01. The lowest BCUT2D eigenvalue weighted by molar-refractivity contribution is -0.135. The second-order valence-electron chi connectivity index (χ2n) is 5.80. The number of aliphatic hydroxyl groups is 1. The average Bonchev–Trinajstić information content (AvgIpc) is 2.40. The summed E-state index contributed by atoms with van der Waals surface area (Å²) in [4.78, 5) is 11.1. The van der Waals surface area contributed by atoms with Crippen molar-refractivity contribution >= 4 is 5.97 Å². The van der Waals surface area contributed by atoms with Gasteiger partial charge in [-0.25, -0.2) is 4.79 Å². The number of rotatable bonds is 3. The number of carbonyl (C=O) groups is 1. The normalized spacial score (nSPS) is 19.7. The summed E-state index contributed by atoms with van der Waals surface area (Å²) in [6.07, 6.45) is -3.19. The molecule has 0 heterocycles. The molecule has 1 aliphatic rings. The maximum atomic E-state index is 12.9. The van der Waals surface area contributed by atoms with Gasteiger partial charge < -0.3 is 9.84 Å². The number of carbonyl (C=O) groups excluding carboxylic acids is 1. The molecule has 1 atom stereocenters. The van der Waals surface area contributed by atoms with Gasteiger partial charge in [0.2, 0.25) is 0 Å². The first-order valence-electron chi connectivity index (χ1n) is 7.06. The van der Waals surface area contributed by atoms with E-state index in [9.17, 15) is 28.3 Å². The number of hydrogen-bond donors (Lipinski definition) is 1. The Morgan fingerprint density at radius 1 is 1.39 bits per heavy atom. The number of methoxy groups -OCH3 is 1. The van der Waals surface area contributed by atoms with Crippen LogP contribution in [0, 0.1) is 34.5 Å². The topological polar surface area (TPSA) is 70.3 Å². The number of nitriles is 1. The summed E-state index contributed by atoms with van der Waals surface area (Å²) in [6.45, 7) is 3.17. The maximum absolute atomic E-state index is 12.9. The van der Waals surface area contributed by atoms with E-state index in [1.807, 2.05) is 12.0 Å². The second kappa shape index (κ2) is 6.64. The zero-order valence-corrected chi connectivity index (χ0v) is 13.1. The lowest BCUT2D eigenvalue weighted by Gasteiger charge is -2.47. The summed E-state index contributed by atoms with van der Waals surface area (Å²) >= 11 is 0. The third-order valence-electron chi connectivity index (χ3n) is 4.14. The monoisotopic (exact) mass is 329 g/mol. The van der Waals surface area contributed by atoms with Crippen LogP contribution in [-0.4, -0.2) is 30.0 Å². The Hall–Kier alpha value is -1.99. The van der Waals surface area contributed by atoms with Gasteiger partial charge in [-0.15, -0.1) is 0 Å². The van der Waals surface area contributed by atoms with Gasteiger partial charge in [-0.05, 0) is 25.2 Å². The minimum atomic E-state index is -4.86. The molecule has 1 unspecified atom stereocenters. The van der Waals surface area contributed by atoms with Gasteiger partial charge in [-0.1, -0.05) is 25.7 Å². The highest BCUT2D eigenvalue weighted by molar-refractivity contribution is 5.84. The van der Waals surface area contributed by atoms with Crippen molar-refractivity contribution in [2.24, 2.45) is 11.3 Å². The highest BCUT2D eigenvalue weighted by atomic mass is 19.4. The summed E-state index contributed by atoms with van der Waals surface area (Å²) in [7, 11) is 0.948. The highest BCUT2D eigenvalue weighted by Crippen LogP contribution is 2.51. The molecule has 0 aromatic carbocycles.